The summed E-state index contributed by atoms with van der Waals surface area (Å²) in [7, 11) is 0. The molecule has 0 amide bonds. The molecule has 32 heavy (non-hydrogen) atoms. The summed E-state index contributed by atoms with van der Waals surface area (Å²) in [5.74, 6) is -1.68. The van der Waals surface area contributed by atoms with Gasteiger partial charge in [-0.15, -0.1) is 0 Å². The first-order valence-corrected chi connectivity index (χ1v) is 11.0. The van der Waals surface area contributed by atoms with Gasteiger partial charge in [-0.1, -0.05) is 68.3 Å². The van der Waals surface area contributed by atoms with Gasteiger partial charge in [0.2, 0.25) is 0 Å². The first-order chi connectivity index (χ1) is 15.3. The molecule has 0 aliphatic heterocycles. The van der Waals surface area contributed by atoms with Crippen LogP contribution in [0.5, 0.6) is 0 Å². The van der Waals surface area contributed by atoms with Crippen LogP contribution in [0, 0.1) is 11.8 Å². The van der Waals surface area contributed by atoms with Crippen molar-refractivity contribution in [1.82, 2.24) is 9.97 Å². The summed E-state index contributed by atoms with van der Waals surface area (Å²) >= 11 is 6.21. The SMILES string of the molecule is CCC(C)C(c1ccc(C(=O)O)c(Cl)c1)c1ncc(CC(Cc2ccccc2)C(=O)O)[nH]1. The van der Waals surface area contributed by atoms with Crippen molar-refractivity contribution in [3.63, 3.8) is 0 Å². The van der Waals surface area contributed by atoms with Gasteiger partial charge in [-0.3, -0.25) is 4.79 Å². The van der Waals surface area contributed by atoms with Gasteiger partial charge in [-0.05, 0) is 35.6 Å². The van der Waals surface area contributed by atoms with E-state index in [0.29, 0.717) is 12.8 Å². The fourth-order valence-electron chi connectivity index (χ4n) is 3.94. The molecule has 0 aliphatic rings. The van der Waals surface area contributed by atoms with E-state index in [4.69, 9.17) is 11.6 Å². The number of carboxylic acids is 2. The van der Waals surface area contributed by atoms with Crippen LogP contribution in [0.3, 0.4) is 0 Å². The number of H-pyrrole nitrogens is 1. The van der Waals surface area contributed by atoms with E-state index in [0.717, 1.165) is 29.1 Å². The largest absolute Gasteiger partial charge is 0.481 e. The lowest BCUT2D eigenvalue weighted by Crippen LogP contribution is -2.19. The number of aliphatic carboxylic acids is 1. The Bertz CT molecular complexity index is 1080. The maximum atomic E-state index is 11.9. The number of nitrogens with one attached hydrogen (secondary N) is 1. The fraction of sp³-hybridized carbons (Fsp3) is 0.320. The van der Waals surface area contributed by atoms with Crippen LogP contribution in [0.15, 0.2) is 54.7 Å². The zero-order valence-corrected chi connectivity index (χ0v) is 18.8. The van der Waals surface area contributed by atoms with Gasteiger partial charge in [-0.25, -0.2) is 9.78 Å². The van der Waals surface area contributed by atoms with Crippen LogP contribution in [0.1, 0.15) is 59.2 Å². The Labute approximate surface area is 192 Å². The zero-order valence-electron chi connectivity index (χ0n) is 18.1. The van der Waals surface area contributed by atoms with E-state index >= 15 is 0 Å². The lowest BCUT2D eigenvalue weighted by molar-refractivity contribution is -0.141. The molecule has 3 unspecified atom stereocenters. The number of aromatic nitrogens is 2. The average Bonchev–Trinajstić information content (AvgIpc) is 3.21. The second kappa shape index (κ2) is 10.5. The van der Waals surface area contributed by atoms with Crippen LogP contribution in [0.25, 0.3) is 0 Å². The van der Waals surface area contributed by atoms with Crippen LogP contribution in [-0.4, -0.2) is 32.1 Å². The van der Waals surface area contributed by atoms with Gasteiger partial charge in [0, 0.05) is 24.2 Å². The Morgan fingerprint density at radius 1 is 1.09 bits per heavy atom. The van der Waals surface area contributed by atoms with E-state index in [9.17, 15) is 19.8 Å². The molecule has 7 heteroatoms. The second-order valence-corrected chi connectivity index (χ2v) is 8.54. The van der Waals surface area contributed by atoms with Crippen LogP contribution >= 0.6 is 11.6 Å². The third-order valence-electron chi connectivity index (χ3n) is 5.88. The first kappa shape index (κ1) is 23.5. The summed E-state index contributed by atoms with van der Waals surface area (Å²) < 4.78 is 0. The number of carbonyl (C=O) groups is 2. The lowest BCUT2D eigenvalue weighted by Gasteiger charge is -2.22. The summed E-state index contributed by atoms with van der Waals surface area (Å²) in [5, 5.41) is 19.2. The van der Waals surface area contributed by atoms with E-state index in [1.165, 1.54) is 6.07 Å². The fourth-order valence-corrected chi connectivity index (χ4v) is 4.21. The van der Waals surface area contributed by atoms with Gasteiger partial charge in [-0.2, -0.15) is 0 Å². The van der Waals surface area contributed by atoms with E-state index in [1.807, 2.05) is 30.3 Å². The number of imidazole rings is 1. The molecule has 3 atom stereocenters. The summed E-state index contributed by atoms with van der Waals surface area (Å²) in [6, 6.07) is 14.5. The maximum Gasteiger partial charge on any atom is 0.337 e. The monoisotopic (exact) mass is 454 g/mol. The Kier molecular flexibility index (Phi) is 7.70. The van der Waals surface area contributed by atoms with Crippen molar-refractivity contribution in [2.75, 3.05) is 0 Å². The summed E-state index contributed by atoms with van der Waals surface area (Å²) in [5.41, 5.74) is 2.66. The lowest BCUT2D eigenvalue weighted by atomic mass is 9.84. The minimum atomic E-state index is -1.07. The van der Waals surface area contributed by atoms with Gasteiger partial charge < -0.3 is 15.2 Å². The number of hydrogen-bond acceptors (Lipinski definition) is 3. The Hall–Kier alpha value is -3.12. The maximum absolute atomic E-state index is 11.9. The molecule has 0 saturated heterocycles. The molecule has 6 nitrogen and oxygen atoms in total. The molecule has 0 radical (unpaired) electrons. The number of nitrogens with zero attached hydrogens (tertiary/aromatic N) is 1. The highest BCUT2D eigenvalue weighted by Crippen LogP contribution is 2.34. The van der Waals surface area contributed by atoms with E-state index in [1.54, 1.807) is 18.3 Å². The van der Waals surface area contributed by atoms with Crippen molar-refractivity contribution in [1.29, 1.82) is 0 Å². The molecule has 3 N–H and O–H groups in total. The molecule has 168 valence electrons. The summed E-state index contributed by atoms with van der Waals surface area (Å²) in [6.45, 7) is 4.18. The van der Waals surface area contributed by atoms with Gasteiger partial charge in [0.1, 0.15) is 5.82 Å². The number of hydrogen-bond donors (Lipinski definition) is 3. The van der Waals surface area contributed by atoms with Crippen molar-refractivity contribution >= 4 is 23.5 Å². The molecule has 0 bridgehead atoms. The third kappa shape index (κ3) is 5.56. The second-order valence-electron chi connectivity index (χ2n) is 8.13. The van der Waals surface area contributed by atoms with Crippen LogP contribution < -0.4 is 0 Å². The zero-order chi connectivity index (χ0) is 23.3. The number of carboxylic acid groups (broad SMARTS) is 2. The van der Waals surface area contributed by atoms with E-state index in [2.05, 4.69) is 23.8 Å². The number of halogens is 1. The van der Waals surface area contributed by atoms with Gasteiger partial charge in [0.25, 0.3) is 0 Å². The number of aromatic amines is 1. The quantitative estimate of drug-likeness (QED) is 0.379. The summed E-state index contributed by atoms with van der Waals surface area (Å²) in [6.07, 6.45) is 3.35. The molecule has 1 aromatic heterocycles. The molecular weight excluding hydrogens is 428 g/mol. The molecule has 0 fully saturated rings. The van der Waals surface area contributed by atoms with E-state index in [-0.39, 0.29) is 22.4 Å². The third-order valence-corrected chi connectivity index (χ3v) is 6.19. The van der Waals surface area contributed by atoms with Crippen LogP contribution in [0.4, 0.5) is 0 Å². The molecule has 2 aromatic carbocycles. The smallest absolute Gasteiger partial charge is 0.337 e. The highest BCUT2D eigenvalue weighted by Gasteiger charge is 2.26. The molecule has 1 heterocycles. The molecule has 3 aromatic rings. The molecule has 0 saturated carbocycles. The molecule has 3 rings (SSSR count). The first-order valence-electron chi connectivity index (χ1n) is 10.6. The van der Waals surface area contributed by atoms with Crippen molar-refractivity contribution in [2.24, 2.45) is 11.8 Å². The van der Waals surface area contributed by atoms with Gasteiger partial charge in [0.15, 0.2) is 0 Å². The number of benzene rings is 2. The molecule has 0 aliphatic carbocycles. The Morgan fingerprint density at radius 3 is 2.41 bits per heavy atom. The van der Waals surface area contributed by atoms with Crippen molar-refractivity contribution in [3.05, 3.63) is 88.0 Å². The van der Waals surface area contributed by atoms with Gasteiger partial charge >= 0.3 is 11.9 Å². The number of rotatable bonds is 10. The minimum Gasteiger partial charge on any atom is -0.481 e. The topological polar surface area (TPSA) is 103 Å². The van der Waals surface area contributed by atoms with Crippen LogP contribution in [-0.2, 0) is 17.6 Å². The predicted molar refractivity (Wildman–Crippen MR) is 123 cm³/mol. The van der Waals surface area contributed by atoms with Crippen molar-refractivity contribution in [3.8, 4) is 0 Å². The highest BCUT2D eigenvalue weighted by atomic mass is 35.5. The normalized spacial score (nSPS) is 14.0. The standard InChI is InChI=1S/C25H27ClN2O4/c1-3-15(2)22(17-9-10-20(25(31)32)21(26)13-17)23-27-14-19(28-23)12-18(24(29)30)11-16-7-5-4-6-8-16/h4-10,13-15,18,22H,3,11-12H2,1-2H3,(H,27,28)(H,29,30)(H,31,32). The average molecular weight is 455 g/mol. The Balaban J connectivity index is 1.86. The van der Waals surface area contributed by atoms with Gasteiger partial charge in [0.05, 0.1) is 16.5 Å². The predicted octanol–water partition coefficient (Wildman–Crippen LogP) is 5.43. The molecule has 0 spiro atoms. The van der Waals surface area contributed by atoms with Crippen molar-refractivity contribution < 1.29 is 19.8 Å². The minimum absolute atomic E-state index is 0.0589. The summed E-state index contributed by atoms with van der Waals surface area (Å²) in [4.78, 5) is 31.0. The molecular formula is C25H27ClN2O4. The van der Waals surface area contributed by atoms with Crippen LogP contribution in [0.2, 0.25) is 5.02 Å². The van der Waals surface area contributed by atoms with Crippen molar-refractivity contribution in [2.45, 2.75) is 39.0 Å². The number of aromatic carboxylic acids is 1. The highest BCUT2D eigenvalue weighted by molar-refractivity contribution is 6.33. The Morgan fingerprint density at radius 2 is 1.81 bits per heavy atom. The van der Waals surface area contributed by atoms with E-state index < -0.39 is 17.9 Å².